The molecule has 5 nitrogen and oxygen atoms in total. The van der Waals surface area contributed by atoms with Gasteiger partial charge in [0.1, 0.15) is 5.75 Å². The number of pyridine rings is 1. The van der Waals surface area contributed by atoms with Crippen LogP contribution < -0.4 is 10.5 Å². The molecule has 18 heavy (non-hydrogen) atoms. The van der Waals surface area contributed by atoms with Crippen LogP contribution in [-0.4, -0.2) is 25.2 Å². The van der Waals surface area contributed by atoms with Crippen LogP contribution in [0, 0.1) is 0 Å². The van der Waals surface area contributed by atoms with Crippen molar-refractivity contribution < 1.29 is 23.0 Å². The Balaban J connectivity index is 3.29. The zero-order valence-electron chi connectivity index (χ0n) is 10.1. The Morgan fingerprint density at radius 2 is 2.17 bits per heavy atom. The molecule has 1 rings (SSSR count). The molecule has 100 valence electrons. The van der Waals surface area contributed by atoms with Gasteiger partial charge in [-0.2, -0.15) is 0 Å². The summed E-state index contributed by atoms with van der Waals surface area (Å²) in [6.45, 7) is 0.0635. The summed E-state index contributed by atoms with van der Waals surface area (Å²) < 4.78 is 35.2. The highest BCUT2D eigenvalue weighted by molar-refractivity contribution is 5.72. The molecule has 1 heterocycles. The second kappa shape index (κ2) is 6.25. The summed E-state index contributed by atoms with van der Waals surface area (Å²) in [5.41, 5.74) is 5.31. The first kappa shape index (κ1) is 14.3. The number of esters is 1. The lowest BCUT2D eigenvalue weighted by Gasteiger charge is -2.13. The zero-order valence-corrected chi connectivity index (χ0v) is 10.1. The molecule has 0 radical (unpaired) electrons. The fourth-order valence-corrected chi connectivity index (χ4v) is 1.49. The number of alkyl halides is 2. The standard InChI is InChI=1S/C11H14F2N2O3/c1-17-8-3-6(5-14)15-7(4-9(16)18-2)10(8)11(12)13/h3,11H,4-5,14H2,1-2H3. The summed E-state index contributed by atoms with van der Waals surface area (Å²) in [4.78, 5) is 15.1. The van der Waals surface area contributed by atoms with Crippen LogP contribution in [-0.2, 0) is 22.5 Å². The van der Waals surface area contributed by atoms with Crippen molar-refractivity contribution in [2.24, 2.45) is 5.73 Å². The molecule has 1 aromatic rings. The molecule has 0 aliphatic heterocycles. The number of methoxy groups -OCH3 is 2. The van der Waals surface area contributed by atoms with Crippen molar-refractivity contribution in [1.82, 2.24) is 4.98 Å². The lowest BCUT2D eigenvalue weighted by Crippen LogP contribution is -2.13. The third kappa shape index (κ3) is 3.13. The highest BCUT2D eigenvalue weighted by Crippen LogP contribution is 2.32. The van der Waals surface area contributed by atoms with Crippen molar-refractivity contribution in [3.63, 3.8) is 0 Å². The van der Waals surface area contributed by atoms with Crippen molar-refractivity contribution >= 4 is 5.97 Å². The van der Waals surface area contributed by atoms with Gasteiger partial charge >= 0.3 is 5.97 Å². The number of halogens is 2. The number of nitrogens with two attached hydrogens (primary N) is 1. The van der Waals surface area contributed by atoms with Crippen molar-refractivity contribution in [3.05, 3.63) is 23.0 Å². The lowest BCUT2D eigenvalue weighted by molar-refractivity contribution is -0.139. The molecule has 0 amide bonds. The molecule has 2 N–H and O–H groups in total. The Kier molecular flexibility index (Phi) is 4.96. The molecule has 0 saturated heterocycles. The SMILES string of the molecule is COC(=O)Cc1nc(CN)cc(OC)c1C(F)F. The maximum Gasteiger partial charge on any atom is 0.311 e. The van der Waals surface area contributed by atoms with E-state index >= 15 is 0 Å². The van der Waals surface area contributed by atoms with Crippen LogP contribution >= 0.6 is 0 Å². The Hall–Kier alpha value is -1.76. The normalized spacial score (nSPS) is 10.6. The molecular weight excluding hydrogens is 246 g/mol. The van der Waals surface area contributed by atoms with Crippen molar-refractivity contribution in [2.45, 2.75) is 19.4 Å². The van der Waals surface area contributed by atoms with Crippen LogP contribution in [0.25, 0.3) is 0 Å². The molecule has 0 aromatic carbocycles. The van der Waals surface area contributed by atoms with E-state index in [9.17, 15) is 13.6 Å². The van der Waals surface area contributed by atoms with E-state index in [2.05, 4.69) is 9.72 Å². The van der Waals surface area contributed by atoms with Crippen molar-refractivity contribution in [1.29, 1.82) is 0 Å². The smallest absolute Gasteiger partial charge is 0.311 e. The van der Waals surface area contributed by atoms with Crippen LogP contribution in [0.3, 0.4) is 0 Å². The van der Waals surface area contributed by atoms with E-state index in [1.807, 2.05) is 0 Å². The van der Waals surface area contributed by atoms with Gasteiger partial charge in [-0.25, -0.2) is 8.78 Å². The van der Waals surface area contributed by atoms with Gasteiger partial charge in [-0.3, -0.25) is 9.78 Å². The van der Waals surface area contributed by atoms with Gasteiger partial charge in [0.25, 0.3) is 6.43 Å². The van der Waals surface area contributed by atoms with Crippen LogP contribution in [0.4, 0.5) is 8.78 Å². The lowest BCUT2D eigenvalue weighted by atomic mass is 10.1. The minimum Gasteiger partial charge on any atom is -0.496 e. The highest BCUT2D eigenvalue weighted by atomic mass is 19.3. The molecule has 1 aromatic heterocycles. The number of carbonyl (C=O) groups excluding carboxylic acids is 1. The van der Waals surface area contributed by atoms with E-state index in [0.717, 1.165) is 0 Å². The quantitative estimate of drug-likeness (QED) is 0.805. The number of carbonyl (C=O) groups is 1. The molecule has 7 heteroatoms. The number of hydrogen-bond acceptors (Lipinski definition) is 5. The number of ether oxygens (including phenoxy) is 2. The molecule has 0 spiro atoms. The van der Waals surface area contributed by atoms with Gasteiger partial charge in [0.2, 0.25) is 0 Å². The Morgan fingerprint density at radius 1 is 1.50 bits per heavy atom. The maximum atomic E-state index is 13.0. The second-order valence-corrected chi connectivity index (χ2v) is 3.43. The minimum absolute atomic E-state index is 0.0284. The third-order valence-corrected chi connectivity index (χ3v) is 2.34. The highest BCUT2D eigenvalue weighted by Gasteiger charge is 2.23. The first-order valence-corrected chi connectivity index (χ1v) is 5.15. The van der Waals surface area contributed by atoms with Crippen molar-refractivity contribution in [3.8, 4) is 5.75 Å². The van der Waals surface area contributed by atoms with Gasteiger partial charge in [-0.15, -0.1) is 0 Å². The summed E-state index contributed by atoms with van der Waals surface area (Å²) in [7, 11) is 2.44. The first-order chi connectivity index (χ1) is 8.53. The van der Waals surface area contributed by atoms with E-state index in [1.54, 1.807) is 0 Å². The van der Waals surface area contributed by atoms with Gasteiger partial charge in [-0.1, -0.05) is 0 Å². The van der Waals surface area contributed by atoms with Crippen LogP contribution in [0.1, 0.15) is 23.4 Å². The Labute approximate surface area is 103 Å². The predicted octanol–water partition coefficient (Wildman–Crippen LogP) is 1.20. The fraction of sp³-hybridized carbons (Fsp3) is 0.455. The zero-order chi connectivity index (χ0) is 13.7. The molecule has 0 unspecified atom stereocenters. The number of hydrogen-bond donors (Lipinski definition) is 1. The number of nitrogens with zero attached hydrogens (tertiary/aromatic N) is 1. The number of rotatable bonds is 5. The van der Waals surface area contributed by atoms with Crippen LogP contribution in [0.2, 0.25) is 0 Å². The average Bonchev–Trinajstić information content (AvgIpc) is 2.36. The van der Waals surface area contributed by atoms with Gasteiger partial charge in [0.15, 0.2) is 0 Å². The van der Waals surface area contributed by atoms with Crippen LogP contribution in [0.15, 0.2) is 6.07 Å². The van der Waals surface area contributed by atoms with Gasteiger partial charge in [0.05, 0.1) is 37.6 Å². The Morgan fingerprint density at radius 3 is 2.61 bits per heavy atom. The molecule has 0 bridgehead atoms. The summed E-state index contributed by atoms with van der Waals surface area (Å²) >= 11 is 0. The predicted molar refractivity (Wildman–Crippen MR) is 59.4 cm³/mol. The maximum absolute atomic E-state index is 13.0. The summed E-state index contributed by atoms with van der Waals surface area (Å²) in [5.74, 6) is -0.681. The average molecular weight is 260 g/mol. The molecule has 0 fully saturated rings. The Bertz CT molecular complexity index is 439. The van der Waals surface area contributed by atoms with Gasteiger partial charge in [-0.05, 0) is 0 Å². The largest absolute Gasteiger partial charge is 0.496 e. The van der Waals surface area contributed by atoms with E-state index in [-0.39, 0.29) is 24.4 Å². The number of aromatic nitrogens is 1. The van der Waals surface area contributed by atoms with Crippen LogP contribution in [0.5, 0.6) is 5.75 Å². The summed E-state index contributed by atoms with van der Waals surface area (Å²) in [6.07, 6.45) is -3.14. The monoisotopic (exact) mass is 260 g/mol. The molecule has 0 saturated carbocycles. The first-order valence-electron chi connectivity index (χ1n) is 5.15. The van der Waals surface area contributed by atoms with E-state index in [4.69, 9.17) is 10.5 Å². The molecule has 0 aliphatic rings. The van der Waals surface area contributed by atoms with E-state index in [0.29, 0.717) is 5.69 Å². The van der Waals surface area contributed by atoms with Crippen molar-refractivity contribution in [2.75, 3.05) is 14.2 Å². The topological polar surface area (TPSA) is 74.4 Å². The molecular formula is C11H14F2N2O3. The van der Waals surface area contributed by atoms with E-state index < -0.39 is 18.0 Å². The van der Waals surface area contributed by atoms with Gasteiger partial charge < -0.3 is 15.2 Å². The second-order valence-electron chi connectivity index (χ2n) is 3.43. The summed E-state index contributed by atoms with van der Waals surface area (Å²) in [5, 5.41) is 0. The third-order valence-electron chi connectivity index (χ3n) is 2.34. The van der Waals surface area contributed by atoms with E-state index in [1.165, 1.54) is 20.3 Å². The fourth-order valence-electron chi connectivity index (χ4n) is 1.49. The summed E-state index contributed by atoms with van der Waals surface area (Å²) in [6, 6.07) is 1.34. The molecule has 0 atom stereocenters. The minimum atomic E-state index is -2.79. The van der Waals surface area contributed by atoms with Gasteiger partial charge in [0, 0.05) is 12.6 Å². The molecule has 0 aliphatic carbocycles.